The molecule has 60 heavy (non-hydrogen) atoms. The lowest BCUT2D eigenvalue weighted by molar-refractivity contribution is 0.172. The van der Waals surface area contributed by atoms with Gasteiger partial charge in [0.15, 0.2) is 11.5 Å². The monoisotopic (exact) mass is 816 g/mol. The lowest BCUT2D eigenvalue weighted by Gasteiger charge is -2.42. The van der Waals surface area contributed by atoms with Crippen molar-refractivity contribution in [3.63, 3.8) is 0 Å². The van der Waals surface area contributed by atoms with Crippen LogP contribution in [-0.2, 0) is 21.7 Å². The topological polar surface area (TPSA) is 24.9 Å². The quantitative estimate of drug-likeness (QED) is 0.160. The van der Waals surface area contributed by atoms with Crippen molar-refractivity contribution >= 4 is 45.7 Å². The minimum Gasteiger partial charge on any atom is -0.486 e. The molecular formula is C55H61ClN2O2. The SMILES string of the molecule is Cc1cc(N(c2ccc(C(C)(C)C)cc2)c2ccc(C(C)(C)C)cc2)c(Cl)c(N(c2ccc3c(c2)C(C)(C)CCC3(C)C)c2cc3c(cc2-c2ccccc2)OCCO3)c1. The average Bonchev–Trinajstić information content (AvgIpc) is 3.21. The molecule has 6 aromatic rings. The molecule has 0 radical (unpaired) electrons. The van der Waals surface area contributed by atoms with E-state index in [0.29, 0.717) is 18.2 Å². The van der Waals surface area contributed by atoms with Gasteiger partial charge < -0.3 is 19.3 Å². The number of fused-ring (bicyclic) bond motifs is 2. The Hall–Kier alpha value is -5.19. The van der Waals surface area contributed by atoms with Crippen molar-refractivity contribution in [3.8, 4) is 22.6 Å². The summed E-state index contributed by atoms with van der Waals surface area (Å²) in [5.41, 5.74) is 14.5. The Morgan fingerprint density at radius 1 is 0.517 bits per heavy atom. The Morgan fingerprint density at radius 3 is 1.53 bits per heavy atom. The summed E-state index contributed by atoms with van der Waals surface area (Å²) >= 11 is 8.02. The number of anilines is 6. The van der Waals surface area contributed by atoms with Crippen LogP contribution < -0.4 is 19.3 Å². The Balaban J connectivity index is 1.41. The van der Waals surface area contributed by atoms with Crippen molar-refractivity contribution in [1.82, 2.24) is 0 Å². The zero-order valence-corrected chi connectivity index (χ0v) is 38.2. The van der Waals surface area contributed by atoms with E-state index in [1.807, 2.05) is 0 Å². The lowest BCUT2D eigenvalue weighted by Crippen LogP contribution is -2.34. The summed E-state index contributed by atoms with van der Waals surface area (Å²) in [5.74, 6) is 1.47. The summed E-state index contributed by atoms with van der Waals surface area (Å²) in [6, 6.07) is 44.3. The third kappa shape index (κ3) is 7.92. The predicted molar refractivity (Wildman–Crippen MR) is 255 cm³/mol. The van der Waals surface area contributed by atoms with Crippen molar-refractivity contribution in [2.75, 3.05) is 23.0 Å². The van der Waals surface area contributed by atoms with E-state index in [4.69, 9.17) is 21.1 Å². The number of halogens is 1. The highest BCUT2D eigenvalue weighted by molar-refractivity contribution is 6.37. The van der Waals surface area contributed by atoms with Gasteiger partial charge in [-0.2, -0.15) is 0 Å². The molecule has 6 aromatic carbocycles. The molecule has 0 saturated heterocycles. The van der Waals surface area contributed by atoms with Gasteiger partial charge in [0.05, 0.1) is 22.1 Å². The van der Waals surface area contributed by atoms with E-state index in [9.17, 15) is 0 Å². The molecule has 5 heteroatoms. The number of hydrogen-bond acceptors (Lipinski definition) is 4. The molecule has 8 rings (SSSR count). The van der Waals surface area contributed by atoms with E-state index in [1.165, 1.54) is 22.3 Å². The van der Waals surface area contributed by atoms with Crippen molar-refractivity contribution in [3.05, 3.63) is 154 Å². The van der Waals surface area contributed by atoms with E-state index >= 15 is 0 Å². The fourth-order valence-electron chi connectivity index (χ4n) is 8.94. The Morgan fingerprint density at radius 2 is 1.00 bits per heavy atom. The van der Waals surface area contributed by atoms with Crippen molar-refractivity contribution in [1.29, 1.82) is 0 Å². The molecule has 1 heterocycles. The fourth-order valence-corrected chi connectivity index (χ4v) is 9.22. The molecule has 0 saturated carbocycles. The van der Waals surface area contributed by atoms with Crippen molar-refractivity contribution < 1.29 is 9.47 Å². The minimum absolute atomic E-state index is 0.00160. The van der Waals surface area contributed by atoms with E-state index in [-0.39, 0.29) is 21.7 Å². The van der Waals surface area contributed by atoms with Gasteiger partial charge in [-0.1, -0.05) is 142 Å². The first kappa shape index (κ1) is 41.5. The molecule has 0 aromatic heterocycles. The smallest absolute Gasteiger partial charge is 0.163 e. The van der Waals surface area contributed by atoms with Gasteiger partial charge in [0, 0.05) is 28.7 Å². The zero-order valence-electron chi connectivity index (χ0n) is 37.5. The minimum atomic E-state index is -0.00160. The molecule has 0 unspecified atom stereocenters. The van der Waals surface area contributed by atoms with Crippen LogP contribution in [0.4, 0.5) is 34.1 Å². The summed E-state index contributed by atoms with van der Waals surface area (Å²) in [7, 11) is 0. The van der Waals surface area contributed by atoms with E-state index < -0.39 is 0 Å². The van der Waals surface area contributed by atoms with Crippen LogP contribution in [0.5, 0.6) is 11.5 Å². The van der Waals surface area contributed by atoms with Crippen LogP contribution in [0.15, 0.2) is 121 Å². The van der Waals surface area contributed by atoms with Crippen LogP contribution in [0.25, 0.3) is 11.1 Å². The third-order valence-corrected chi connectivity index (χ3v) is 13.1. The average molecular weight is 818 g/mol. The predicted octanol–water partition coefficient (Wildman–Crippen LogP) is 16.0. The second kappa shape index (κ2) is 15.4. The number of benzene rings is 6. The second-order valence-corrected chi connectivity index (χ2v) is 20.6. The maximum atomic E-state index is 8.02. The van der Waals surface area contributed by atoms with Crippen molar-refractivity contribution in [2.45, 2.75) is 111 Å². The number of rotatable bonds is 7. The molecule has 0 spiro atoms. The van der Waals surface area contributed by atoms with Crippen molar-refractivity contribution in [2.24, 2.45) is 0 Å². The molecular weight excluding hydrogens is 756 g/mol. The standard InChI is InChI=1S/C55H61ClN2O2/c1-36-31-47(57(40-21-17-38(18-22-40)52(2,3)4)41-23-19-39(20-24-41)53(5,6)7)51(56)48(32-36)58(42-25-26-44-45(33-42)55(10,11)28-27-54(44,8)9)46-35-50-49(59-29-30-60-50)34-43(46)37-15-13-12-14-16-37/h12-26,31-35H,27-30H2,1-11H3. The van der Waals surface area contributed by atoms with Gasteiger partial charge in [-0.25, -0.2) is 0 Å². The summed E-state index contributed by atoms with van der Waals surface area (Å²) in [6.45, 7) is 26.3. The van der Waals surface area contributed by atoms with Gasteiger partial charge in [0.2, 0.25) is 0 Å². The first-order chi connectivity index (χ1) is 28.3. The maximum absolute atomic E-state index is 8.02. The van der Waals surface area contributed by atoms with Crippen LogP contribution >= 0.6 is 11.6 Å². The Kier molecular flexibility index (Phi) is 10.6. The molecule has 310 valence electrons. The largest absolute Gasteiger partial charge is 0.486 e. The van der Waals surface area contributed by atoms with Crippen LogP contribution in [0, 0.1) is 6.92 Å². The van der Waals surface area contributed by atoms with E-state index in [0.717, 1.165) is 75.2 Å². The highest BCUT2D eigenvalue weighted by Gasteiger charge is 2.38. The molecule has 0 fully saturated rings. The third-order valence-electron chi connectivity index (χ3n) is 12.7. The Labute approximate surface area is 364 Å². The molecule has 2 aliphatic rings. The van der Waals surface area contributed by atoms with E-state index in [1.54, 1.807) is 0 Å². The van der Waals surface area contributed by atoms with Gasteiger partial charge in [0.1, 0.15) is 13.2 Å². The fraction of sp³-hybridized carbons (Fsp3) is 0.345. The molecule has 1 aliphatic heterocycles. The summed E-state index contributed by atoms with van der Waals surface area (Å²) in [6.07, 6.45) is 2.26. The molecule has 0 N–H and O–H groups in total. The Bertz CT molecular complexity index is 2470. The van der Waals surface area contributed by atoms with Gasteiger partial charge in [-0.3, -0.25) is 0 Å². The first-order valence-electron chi connectivity index (χ1n) is 21.6. The molecule has 4 nitrogen and oxygen atoms in total. The lowest BCUT2D eigenvalue weighted by atomic mass is 9.63. The first-order valence-corrected chi connectivity index (χ1v) is 22.0. The van der Waals surface area contributed by atoms with Crippen LogP contribution in [0.1, 0.15) is 110 Å². The number of hydrogen-bond donors (Lipinski definition) is 0. The van der Waals surface area contributed by atoms with Gasteiger partial charge in [-0.15, -0.1) is 0 Å². The second-order valence-electron chi connectivity index (χ2n) is 20.3. The zero-order chi connectivity index (χ0) is 42.8. The number of ether oxygens (including phenoxy) is 2. The molecule has 1 aliphatic carbocycles. The molecule has 0 amide bonds. The van der Waals surface area contributed by atoms with Gasteiger partial charge in [-0.05, 0) is 129 Å². The summed E-state index contributed by atoms with van der Waals surface area (Å²) in [4.78, 5) is 4.68. The van der Waals surface area contributed by atoms with Crippen LogP contribution in [0.2, 0.25) is 5.02 Å². The maximum Gasteiger partial charge on any atom is 0.163 e. The number of aryl methyl sites for hydroxylation is 1. The summed E-state index contributed by atoms with van der Waals surface area (Å²) in [5, 5.41) is 0.645. The number of nitrogens with zero attached hydrogens (tertiary/aromatic N) is 2. The molecule has 0 bridgehead atoms. The van der Waals surface area contributed by atoms with Crippen LogP contribution in [0.3, 0.4) is 0 Å². The van der Waals surface area contributed by atoms with Crippen LogP contribution in [-0.4, -0.2) is 13.2 Å². The highest BCUT2D eigenvalue weighted by Crippen LogP contribution is 2.54. The molecule has 0 atom stereocenters. The van der Waals surface area contributed by atoms with Gasteiger partial charge >= 0.3 is 0 Å². The highest BCUT2D eigenvalue weighted by atomic mass is 35.5. The normalized spacial score (nSPS) is 15.6. The van der Waals surface area contributed by atoms with E-state index in [2.05, 4.69) is 207 Å². The van der Waals surface area contributed by atoms with Gasteiger partial charge in [0.25, 0.3) is 0 Å². The summed E-state index contributed by atoms with van der Waals surface area (Å²) < 4.78 is 12.6.